The van der Waals surface area contributed by atoms with Crippen LogP contribution in [0.25, 0.3) is 0 Å². The molecule has 20 heavy (non-hydrogen) atoms. The van der Waals surface area contributed by atoms with Crippen molar-refractivity contribution in [1.82, 2.24) is 5.32 Å². The smallest absolute Gasteiger partial charge is 0.175 e. The number of hydrogen-bond acceptors (Lipinski definition) is 3. The molecule has 0 amide bonds. The Morgan fingerprint density at radius 2 is 1.95 bits per heavy atom. The Hall–Kier alpha value is -0.740. The van der Waals surface area contributed by atoms with Crippen LogP contribution in [0.15, 0.2) is 16.6 Å². The Kier molecular flexibility index (Phi) is 8.00. The number of halogens is 1. The Morgan fingerprint density at radius 1 is 1.20 bits per heavy atom. The Labute approximate surface area is 131 Å². The summed E-state index contributed by atoms with van der Waals surface area (Å²) in [6.07, 6.45) is 2.10. The molecule has 1 rings (SSSR count). The molecule has 0 aliphatic heterocycles. The molecule has 0 fully saturated rings. The monoisotopic (exact) mass is 343 g/mol. The molecule has 1 aromatic rings. The van der Waals surface area contributed by atoms with Crippen molar-refractivity contribution in [3.05, 3.63) is 22.2 Å². The van der Waals surface area contributed by atoms with Crippen molar-refractivity contribution < 1.29 is 9.47 Å². The van der Waals surface area contributed by atoms with E-state index in [1.165, 1.54) is 5.56 Å². The molecule has 0 heterocycles. The molecular formula is C16H26BrNO2. The summed E-state index contributed by atoms with van der Waals surface area (Å²) in [5.41, 5.74) is 1.20. The standard InChI is InChI=1S/C16H26BrNO2/c1-5-8-20-16-14(17)9-13(10-15(16)19-7-3)11-18-12(4)6-2/h9-10,12,18H,5-8,11H2,1-4H3/t12-/m0/s1. The molecule has 0 radical (unpaired) electrons. The molecule has 1 atom stereocenters. The van der Waals surface area contributed by atoms with Gasteiger partial charge in [0.25, 0.3) is 0 Å². The molecule has 4 heteroatoms. The summed E-state index contributed by atoms with van der Waals surface area (Å²) in [5, 5.41) is 3.49. The van der Waals surface area contributed by atoms with Crippen LogP contribution in [-0.4, -0.2) is 19.3 Å². The average molecular weight is 344 g/mol. The van der Waals surface area contributed by atoms with Crippen molar-refractivity contribution in [3.8, 4) is 11.5 Å². The maximum Gasteiger partial charge on any atom is 0.175 e. The lowest BCUT2D eigenvalue weighted by atomic mass is 10.1. The Morgan fingerprint density at radius 3 is 2.55 bits per heavy atom. The van der Waals surface area contributed by atoms with Crippen LogP contribution in [0.2, 0.25) is 0 Å². The van der Waals surface area contributed by atoms with Crippen LogP contribution in [0.1, 0.15) is 46.1 Å². The predicted molar refractivity (Wildman–Crippen MR) is 87.7 cm³/mol. The number of rotatable bonds is 9. The first-order chi connectivity index (χ1) is 9.62. The van der Waals surface area contributed by atoms with E-state index in [9.17, 15) is 0 Å². The summed E-state index contributed by atoms with van der Waals surface area (Å²) in [4.78, 5) is 0. The van der Waals surface area contributed by atoms with Crippen LogP contribution in [0, 0.1) is 0 Å². The molecular weight excluding hydrogens is 318 g/mol. The second-order valence-electron chi connectivity index (χ2n) is 4.88. The van der Waals surface area contributed by atoms with Crippen molar-refractivity contribution in [3.63, 3.8) is 0 Å². The quantitative estimate of drug-likeness (QED) is 0.714. The summed E-state index contributed by atoms with van der Waals surface area (Å²) in [7, 11) is 0. The van der Waals surface area contributed by atoms with E-state index in [2.05, 4.69) is 54.2 Å². The second kappa shape index (κ2) is 9.24. The molecule has 1 aromatic carbocycles. The van der Waals surface area contributed by atoms with E-state index in [1.54, 1.807) is 0 Å². The van der Waals surface area contributed by atoms with Crippen LogP contribution in [0.3, 0.4) is 0 Å². The van der Waals surface area contributed by atoms with E-state index in [0.29, 0.717) is 19.3 Å². The molecule has 0 aliphatic rings. The van der Waals surface area contributed by atoms with E-state index in [1.807, 2.05) is 6.92 Å². The maximum absolute atomic E-state index is 5.78. The van der Waals surface area contributed by atoms with Crippen molar-refractivity contribution >= 4 is 15.9 Å². The number of hydrogen-bond donors (Lipinski definition) is 1. The SMILES string of the molecule is CCCOc1c(Br)cc(CN[C@@H](C)CC)cc1OCC. The summed E-state index contributed by atoms with van der Waals surface area (Å²) >= 11 is 3.59. The minimum absolute atomic E-state index is 0.514. The van der Waals surface area contributed by atoms with E-state index in [-0.39, 0.29) is 0 Å². The fraction of sp³-hybridized carbons (Fsp3) is 0.625. The largest absolute Gasteiger partial charge is 0.490 e. The molecule has 0 aromatic heterocycles. The lowest BCUT2D eigenvalue weighted by Crippen LogP contribution is -2.24. The molecule has 0 saturated carbocycles. The molecule has 0 unspecified atom stereocenters. The third-order valence-corrected chi connectivity index (χ3v) is 3.68. The van der Waals surface area contributed by atoms with Gasteiger partial charge in [-0.15, -0.1) is 0 Å². The zero-order valence-corrected chi connectivity index (χ0v) is 14.5. The number of nitrogens with one attached hydrogen (secondary N) is 1. The average Bonchev–Trinajstić information content (AvgIpc) is 2.44. The lowest BCUT2D eigenvalue weighted by molar-refractivity contribution is 0.275. The first kappa shape index (κ1) is 17.3. The Bertz CT molecular complexity index is 410. The summed E-state index contributed by atoms with van der Waals surface area (Å²) in [6.45, 7) is 10.6. The second-order valence-corrected chi connectivity index (χ2v) is 5.73. The Balaban J connectivity index is 2.87. The van der Waals surface area contributed by atoms with Crippen molar-refractivity contribution in [2.24, 2.45) is 0 Å². The van der Waals surface area contributed by atoms with E-state index >= 15 is 0 Å². The van der Waals surface area contributed by atoms with E-state index in [0.717, 1.165) is 35.4 Å². The zero-order chi connectivity index (χ0) is 15.0. The predicted octanol–water partition coefficient (Wildman–Crippen LogP) is 4.52. The molecule has 0 saturated heterocycles. The highest BCUT2D eigenvalue weighted by Crippen LogP contribution is 2.37. The first-order valence-corrected chi connectivity index (χ1v) is 8.22. The molecule has 114 valence electrons. The zero-order valence-electron chi connectivity index (χ0n) is 13.0. The van der Waals surface area contributed by atoms with Gasteiger partial charge in [-0.25, -0.2) is 0 Å². The highest BCUT2D eigenvalue weighted by atomic mass is 79.9. The van der Waals surface area contributed by atoms with Crippen LogP contribution < -0.4 is 14.8 Å². The van der Waals surface area contributed by atoms with Crippen LogP contribution in [0.4, 0.5) is 0 Å². The third-order valence-electron chi connectivity index (χ3n) is 3.09. The minimum atomic E-state index is 0.514. The molecule has 3 nitrogen and oxygen atoms in total. The van der Waals surface area contributed by atoms with Gasteiger partial charge < -0.3 is 14.8 Å². The van der Waals surface area contributed by atoms with Crippen LogP contribution in [0.5, 0.6) is 11.5 Å². The lowest BCUT2D eigenvalue weighted by Gasteiger charge is -2.16. The summed E-state index contributed by atoms with van der Waals surface area (Å²) in [6, 6.07) is 4.68. The summed E-state index contributed by atoms with van der Waals surface area (Å²) < 4.78 is 12.4. The van der Waals surface area contributed by atoms with Gasteiger partial charge in [-0.1, -0.05) is 13.8 Å². The highest BCUT2D eigenvalue weighted by Gasteiger charge is 2.12. The molecule has 0 aliphatic carbocycles. The fourth-order valence-corrected chi connectivity index (χ4v) is 2.37. The van der Waals surface area contributed by atoms with Gasteiger partial charge in [0.1, 0.15) is 0 Å². The highest BCUT2D eigenvalue weighted by molar-refractivity contribution is 9.10. The maximum atomic E-state index is 5.78. The van der Waals surface area contributed by atoms with Gasteiger partial charge in [0.15, 0.2) is 11.5 Å². The van der Waals surface area contributed by atoms with Gasteiger partial charge in [-0.2, -0.15) is 0 Å². The van der Waals surface area contributed by atoms with Gasteiger partial charge in [0.05, 0.1) is 17.7 Å². The summed E-state index contributed by atoms with van der Waals surface area (Å²) in [5.74, 6) is 1.62. The van der Waals surface area contributed by atoms with Gasteiger partial charge in [-0.3, -0.25) is 0 Å². The molecule has 1 N–H and O–H groups in total. The minimum Gasteiger partial charge on any atom is -0.490 e. The van der Waals surface area contributed by atoms with E-state index in [4.69, 9.17) is 9.47 Å². The fourth-order valence-electron chi connectivity index (χ4n) is 1.77. The van der Waals surface area contributed by atoms with Crippen molar-refractivity contribution in [2.45, 2.75) is 53.1 Å². The van der Waals surface area contributed by atoms with Gasteiger partial charge in [0, 0.05) is 12.6 Å². The van der Waals surface area contributed by atoms with E-state index < -0.39 is 0 Å². The normalized spacial score (nSPS) is 12.2. The van der Waals surface area contributed by atoms with Gasteiger partial charge >= 0.3 is 0 Å². The van der Waals surface area contributed by atoms with Crippen LogP contribution in [-0.2, 0) is 6.54 Å². The third kappa shape index (κ3) is 5.33. The molecule has 0 bridgehead atoms. The number of ether oxygens (including phenoxy) is 2. The number of benzene rings is 1. The van der Waals surface area contributed by atoms with Gasteiger partial charge in [0.2, 0.25) is 0 Å². The van der Waals surface area contributed by atoms with Crippen molar-refractivity contribution in [1.29, 1.82) is 0 Å². The van der Waals surface area contributed by atoms with Gasteiger partial charge in [-0.05, 0) is 60.3 Å². The van der Waals surface area contributed by atoms with Crippen LogP contribution >= 0.6 is 15.9 Å². The first-order valence-electron chi connectivity index (χ1n) is 7.43. The molecule has 0 spiro atoms. The van der Waals surface area contributed by atoms with Crippen molar-refractivity contribution in [2.75, 3.05) is 13.2 Å². The topological polar surface area (TPSA) is 30.5 Å².